The predicted molar refractivity (Wildman–Crippen MR) is 63.3 cm³/mol. The number of aliphatic carboxylic acids is 1. The Hall–Kier alpha value is -2.18. The molecule has 2 heterocycles. The summed E-state index contributed by atoms with van der Waals surface area (Å²) in [6.45, 7) is 1.84. The summed E-state index contributed by atoms with van der Waals surface area (Å²) in [6.07, 6.45) is 3.31. The summed E-state index contributed by atoms with van der Waals surface area (Å²) in [5.74, 6) is 0.460. The molecule has 0 aromatic carbocycles. The second kappa shape index (κ2) is 3.94. The van der Waals surface area contributed by atoms with Crippen LogP contribution >= 0.6 is 0 Å². The van der Waals surface area contributed by atoms with Crippen LogP contribution in [0.2, 0.25) is 0 Å². The molecule has 0 saturated heterocycles. The molecule has 7 nitrogen and oxygen atoms in total. The second-order valence-electron chi connectivity index (χ2n) is 4.55. The normalized spacial score (nSPS) is 16.7. The topological polar surface area (TPSA) is 92.4 Å². The molecule has 2 aromatic heterocycles. The molecule has 0 bridgehead atoms. The molecule has 0 aliphatic heterocycles. The predicted octanol–water partition coefficient (Wildman–Crippen LogP) is 0.708. The molecule has 1 saturated carbocycles. The van der Waals surface area contributed by atoms with E-state index in [1.165, 1.54) is 10.8 Å². The van der Waals surface area contributed by atoms with Crippen LogP contribution in [-0.2, 0) is 4.79 Å². The molecule has 7 heteroatoms. The van der Waals surface area contributed by atoms with Crippen LogP contribution < -0.4 is 5.32 Å². The lowest BCUT2D eigenvalue weighted by atomic mass is 10.2. The standard InChI is InChI=1S/C11H13N5O2/c1-6-4-8(16-11(14-6)12-5-13-16)15-9(10(17)18)7-2-3-7/h4-5,7,9,15H,2-3H2,1H3,(H,17,18). The first kappa shape index (κ1) is 10.9. The molecule has 2 N–H and O–H groups in total. The Morgan fingerprint density at radius 1 is 1.61 bits per heavy atom. The quantitative estimate of drug-likeness (QED) is 0.826. The number of hydrogen-bond acceptors (Lipinski definition) is 5. The Balaban J connectivity index is 1.97. The van der Waals surface area contributed by atoms with Crippen LogP contribution in [0.25, 0.3) is 5.78 Å². The lowest BCUT2D eigenvalue weighted by Gasteiger charge is -2.15. The van der Waals surface area contributed by atoms with Crippen molar-refractivity contribution in [3.05, 3.63) is 18.1 Å². The molecule has 3 rings (SSSR count). The summed E-state index contributed by atoms with van der Waals surface area (Å²) in [7, 11) is 0. The molecule has 0 radical (unpaired) electrons. The van der Waals surface area contributed by atoms with E-state index in [0.717, 1.165) is 18.5 Å². The molecule has 0 amide bonds. The first-order chi connectivity index (χ1) is 8.65. The highest BCUT2D eigenvalue weighted by molar-refractivity contribution is 5.78. The maximum absolute atomic E-state index is 11.2. The fraction of sp³-hybridized carbons (Fsp3) is 0.455. The summed E-state index contributed by atoms with van der Waals surface area (Å²) in [6, 6.07) is 1.21. The fourth-order valence-electron chi connectivity index (χ4n) is 2.00. The first-order valence-corrected chi connectivity index (χ1v) is 5.82. The molecular weight excluding hydrogens is 234 g/mol. The number of carboxylic acids is 1. The third-order valence-electron chi connectivity index (χ3n) is 3.04. The molecular formula is C11H13N5O2. The Bertz CT molecular complexity index is 604. The number of aryl methyl sites for hydroxylation is 1. The molecule has 2 aromatic rings. The SMILES string of the molecule is Cc1cc(NC(C(=O)O)C2CC2)n2ncnc2n1. The molecule has 18 heavy (non-hydrogen) atoms. The van der Waals surface area contributed by atoms with Crippen LogP contribution in [0.5, 0.6) is 0 Å². The zero-order valence-corrected chi connectivity index (χ0v) is 9.87. The second-order valence-corrected chi connectivity index (χ2v) is 4.55. The Kier molecular flexibility index (Phi) is 2.39. The smallest absolute Gasteiger partial charge is 0.326 e. The van der Waals surface area contributed by atoms with Crippen LogP contribution in [0.1, 0.15) is 18.5 Å². The third-order valence-corrected chi connectivity index (χ3v) is 3.04. The number of carbonyl (C=O) groups is 1. The van der Waals surface area contributed by atoms with Gasteiger partial charge in [0, 0.05) is 11.8 Å². The van der Waals surface area contributed by atoms with Gasteiger partial charge in [-0.15, -0.1) is 0 Å². The lowest BCUT2D eigenvalue weighted by molar-refractivity contribution is -0.138. The van der Waals surface area contributed by atoms with Gasteiger partial charge in [0.2, 0.25) is 0 Å². The van der Waals surface area contributed by atoms with E-state index < -0.39 is 12.0 Å². The summed E-state index contributed by atoms with van der Waals surface area (Å²) in [5, 5.41) is 16.3. The van der Waals surface area contributed by atoms with Crippen molar-refractivity contribution in [3.63, 3.8) is 0 Å². The van der Waals surface area contributed by atoms with Gasteiger partial charge in [0.1, 0.15) is 18.2 Å². The highest BCUT2D eigenvalue weighted by Crippen LogP contribution is 2.34. The fourth-order valence-corrected chi connectivity index (χ4v) is 2.00. The van der Waals surface area contributed by atoms with Crippen LogP contribution in [-0.4, -0.2) is 36.7 Å². The van der Waals surface area contributed by atoms with Crippen molar-refractivity contribution < 1.29 is 9.90 Å². The van der Waals surface area contributed by atoms with Crippen molar-refractivity contribution in [3.8, 4) is 0 Å². The van der Waals surface area contributed by atoms with Gasteiger partial charge >= 0.3 is 5.97 Å². The number of hydrogen-bond donors (Lipinski definition) is 2. The van der Waals surface area contributed by atoms with Crippen molar-refractivity contribution in [1.82, 2.24) is 19.6 Å². The molecule has 94 valence electrons. The maximum Gasteiger partial charge on any atom is 0.326 e. The first-order valence-electron chi connectivity index (χ1n) is 5.82. The zero-order valence-electron chi connectivity index (χ0n) is 9.87. The van der Waals surface area contributed by atoms with E-state index >= 15 is 0 Å². The molecule has 1 fully saturated rings. The maximum atomic E-state index is 11.2. The molecule has 1 unspecified atom stereocenters. The highest BCUT2D eigenvalue weighted by Gasteiger charge is 2.36. The summed E-state index contributed by atoms with van der Waals surface area (Å²) in [4.78, 5) is 19.4. The van der Waals surface area contributed by atoms with Crippen LogP contribution in [0.4, 0.5) is 5.82 Å². The lowest BCUT2D eigenvalue weighted by Crippen LogP contribution is -2.32. The molecule has 0 spiro atoms. The average Bonchev–Trinajstić information content (AvgIpc) is 3.03. The van der Waals surface area contributed by atoms with E-state index in [9.17, 15) is 9.90 Å². The van der Waals surface area contributed by atoms with Crippen LogP contribution in [0.15, 0.2) is 12.4 Å². The number of rotatable bonds is 4. The van der Waals surface area contributed by atoms with Crippen LogP contribution in [0.3, 0.4) is 0 Å². The van der Waals surface area contributed by atoms with E-state index in [1.54, 1.807) is 6.07 Å². The monoisotopic (exact) mass is 247 g/mol. The number of aromatic nitrogens is 4. The van der Waals surface area contributed by atoms with E-state index in [-0.39, 0.29) is 5.92 Å². The number of anilines is 1. The van der Waals surface area contributed by atoms with Gasteiger partial charge in [0.05, 0.1) is 0 Å². The Morgan fingerprint density at radius 3 is 3.06 bits per heavy atom. The number of fused-ring (bicyclic) bond motifs is 1. The van der Waals surface area contributed by atoms with Gasteiger partial charge in [-0.25, -0.2) is 9.78 Å². The van der Waals surface area contributed by atoms with Gasteiger partial charge in [-0.05, 0) is 25.7 Å². The Labute approximate surface area is 103 Å². The molecule has 1 aliphatic rings. The molecule has 1 atom stereocenters. The summed E-state index contributed by atoms with van der Waals surface area (Å²) >= 11 is 0. The van der Waals surface area contributed by atoms with Crippen LogP contribution in [0, 0.1) is 12.8 Å². The molecule has 1 aliphatic carbocycles. The van der Waals surface area contributed by atoms with Gasteiger partial charge in [-0.1, -0.05) is 0 Å². The number of carboxylic acid groups (broad SMARTS) is 1. The van der Waals surface area contributed by atoms with Crippen molar-refractivity contribution in [2.75, 3.05) is 5.32 Å². The summed E-state index contributed by atoms with van der Waals surface area (Å²) < 4.78 is 1.52. The van der Waals surface area contributed by atoms with Gasteiger partial charge < -0.3 is 10.4 Å². The van der Waals surface area contributed by atoms with E-state index in [0.29, 0.717) is 11.6 Å². The minimum atomic E-state index is -0.833. The zero-order chi connectivity index (χ0) is 12.7. The van der Waals surface area contributed by atoms with Crippen molar-refractivity contribution in [2.45, 2.75) is 25.8 Å². The third kappa shape index (κ3) is 1.87. The van der Waals surface area contributed by atoms with Gasteiger partial charge in [-0.3, -0.25) is 0 Å². The largest absolute Gasteiger partial charge is 0.480 e. The van der Waals surface area contributed by atoms with Crippen molar-refractivity contribution >= 4 is 17.6 Å². The van der Waals surface area contributed by atoms with Crippen molar-refractivity contribution in [2.24, 2.45) is 5.92 Å². The van der Waals surface area contributed by atoms with Gasteiger partial charge in [0.15, 0.2) is 0 Å². The summed E-state index contributed by atoms with van der Waals surface area (Å²) in [5.41, 5.74) is 0.776. The van der Waals surface area contributed by atoms with E-state index in [2.05, 4.69) is 20.4 Å². The Morgan fingerprint density at radius 2 is 2.39 bits per heavy atom. The number of nitrogens with one attached hydrogen (secondary N) is 1. The van der Waals surface area contributed by atoms with E-state index in [1.807, 2.05) is 6.92 Å². The number of nitrogens with zero attached hydrogens (tertiary/aromatic N) is 4. The van der Waals surface area contributed by atoms with Gasteiger partial charge in [-0.2, -0.15) is 14.6 Å². The highest BCUT2D eigenvalue weighted by atomic mass is 16.4. The average molecular weight is 247 g/mol. The van der Waals surface area contributed by atoms with Crippen molar-refractivity contribution in [1.29, 1.82) is 0 Å². The van der Waals surface area contributed by atoms with Gasteiger partial charge in [0.25, 0.3) is 5.78 Å². The minimum Gasteiger partial charge on any atom is -0.480 e. The van der Waals surface area contributed by atoms with E-state index in [4.69, 9.17) is 0 Å². The minimum absolute atomic E-state index is 0.203.